The quantitative estimate of drug-likeness (QED) is 0.0212. The third-order valence-corrected chi connectivity index (χ3v) is 16.6. The van der Waals surface area contributed by atoms with E-state index in [1.165, 1.54) is 193 Å². The standard InChI is InChI=1S/C73H135N2O7P/c1-7-10-13-16-19-22-25-27-29-31-33-35-36-37-38-40-41-43-45-47-50-53-56-59-62-65-72(76)74-70(69-81-83(78,79)80-68-67-75(4,5)6)71(64-61-58-55-52-49-24-21-18-15-12-9-3)82-73(77)66-63-60-57-54-51-48-46-44-42-39-34-32-30-28-26-23-20-17-14-11-8-2/h10,13,19,22,27,29,33,35,37-38,61,64,70-71H,7-9,11-12,14-18,20-21,23-26,28,30-32,34,36,39-60,62-63,65-69H2,1-6H3,(H-,74,76,78,79)/b13-10-,22-19-,29-27-,35-33-,38-37-,64-61+. The molecule has 1 N–H and O–H groups in total. The van der Waals surface area contributed by atoms with Crippen LogP contribution >= 0.6 is 7.82 Å². The Labute approximate surface area is 514 Å². The van der Waals surface area contributed by atoms with Gasteiger partial charge in [0.2, 0.25) is 5.91 Å². The lowest BCUT2D eigenvalue weighted by Crippen LogP contribution is -2.47. The summed E-state index contributed by atoms with van der Waals surface area (Å²) in [6, 6.07) is -0.893. The summed E-state index contributed by atoms with van der Waals surface area (Å²) in [5.74, 6) is -0.537. The van der Waals surface area contributed by atoms with Crippen LogP contribution in [0.4, 0.5) is 0 Å². The Kier molecular flexibility index (Phi) is 60.6. The van der Waals surface area contributed by atoms with Crippen LogP contribution in [0.25, 0.3) is 0 Å². The van der Waals surface area contributed by atoms with Crippen molar-refractivity contribution < 1.29 is 37.3 Å². The zero-order valence-electron chi connectivity index (χ0n) is 55.4. The summed E-state index contributed by atoms with van der Waals surface area (Å²) in [5.41, 5.74) is 0. The summed E-state index contributed by atoms with van der Waals surface area (Å²) < 4.78 is 30.4. The van der Waals surface area contributed by atoms with E-state index in [0.717, 1.165) is 103 Å². The first kappa shape index (κ1) is 80.5. The Morgan fingerprint density at radius 1 is 0.434 bits per heavy atom. The number of quaternary nitrogens is 1. The number of phosphoric acid groups is 1. The normalized spacial score (nSPS) is 14.0. The zero-order valence-corrected chi connectivity index (χ0v) is 56.3. The molecule has 10 heteroatoms. The van der Waals surface area contributed by atoms with E-state index < -0.39 is 20.0 Å². The molecule has 83 heavy (non-hydrogen) atoms. The molecule has 0 aliphatic rings. The zero-order chi connectivity index (χ0) is 60.7. The minimum absolute atomic E-state index is 0.0241. The minimum atomic E-state index is -4.71. The van der Waals surface area contributed by atoms with Crippen LogP contribution in [0.3, 0.4) is 0 Å². The van der Waals surface area contributed by atoms with Crippen LogP contribution in [-0.4, -0.2) is 69.4 Å². The molecule has 0 fully saturated rings. The number of hydrogen-bond donors (Lipinski definition) is 1. The number of amides is 1. The van der Waals surface area contributed by atoms with Gasteiger partial charge in [0.05, 0.1) is 33.8 Å². The van der Waals surface area contributed by atoms with Crippen LogP contribution in [0.1, 0.15) is 329 Å². The van der Waals surface area contributed by atoms with Crippen LogP contribution in [0.5, 0.6) is 0 Å². The molecular weight excluding hydrogens is 1050 g/mol. The highest BCUT2D eigenvalue weighted by Gasteiger charge is 2.27. The van der Waals surface area contributed by atoms with Crippen molar-refractivity contribution in [3.63, 3.8) is 0 Å². The smallest absolute Gasteiger partial charge is 0.306 e. The first-order chi connectivity index (χ1) is 40.4. The summed E-state index contributed by atoms with van der Waals surface area (Å²) in [5, 5.41) is 3.04. The monoisotopic (exact) mass is 1180 g/mol. The van der Waals surface area contributed by atoms with Crippen LogP contribution in [0.2, 0.25) is 0 Å². The molecule has 0 aromatic carbocycles. The first-order valence-corrected chi connectivity index (χ1v) is 36.7. The van der Waals surface area contributed by atoms with Gasteiger partial charge in [-0.25, -0.2) is 0 Å². The molecule has 0 saturated carbocycles. The third-order valence-electron chi connectivity index (χ3n) is 15.7. The van der Waals surface area contributed by atoms with Gasteiger partial charge in [-0.15, -0.1) is 0 Å². The molecule has 484 valence electrons. The van der Waals surface area contributed by atoms with Crippen LogP contribution < -0.4 is 10.2 Å². The Bertz CT molecular complexity index is 1650. The highest BCUT2D eigenvalue weighted by molar-refractivity contribution is 7.45. The average molecular weight is 1180 g/mol. The van der Waals surface area contributed by atoms with E-state index in [4.69, 9.17) is 13.8 Å². The van der Waals surface area contributed by atoms with Gasteiger partial charge < -0.3 is 28.5 Å². The number of carbonyl (C=O) groups is 2. The van der Waals surface area contributed by atoms with Crippen molar-refractivity contribution >= 4 is 19.7 Å². The van der Waals surface area contributed by atoms with Crippen molar-refractivity contribution in [1.29, 1.82) is 0 Å². The van der Waals surface area contributed by atoms with Crippen molar-refractivity contribution in [2.24, 2.45) is 0 Å². The Morgan fingerprint density at radius 3 is 1.16 bits per heavy atom. The van der Waals surface area contributed by atoms with Gasteiger partial charge in [-0.1, -0.05) is 312 Å². The van der Waals surface area contributed by atoms with Crippen molar-refractivity contribution in [3.05, 3.63) is 72.9 Å². The first-order valence-electron chi connectivity index (χ1n) is 35.2. The van der Waals surface area contributed by atoms with E-state index >= 15 is 0 Å². The van der Waals surface area contributed by atoms with E-state index in [-0.39, 0.29) is 31.5 Å². The molecule has 0 rings (SSSR count). The number of unbranched alkanes of at least 4 members (excludes halogenated alkanes) is 38. The molecule has 0 aromatic heterocycles. The van der Waals surface area contributed by atoms with Gasteiger partial charge in [0.1, 0.15) is 19.3 Å². The number of allylic oxidation sites excluding steroid dienone is 11. The molecule has 0 saturated heterocycles. The fourth-order valence-corrected chi connectivity index (χ4v) is 11.0. The van der Waals surface area contributed by atoms with Crippen LogP contribution in [0, 0.1) is 0 Å². The molecule has 0 aromatic rings. The van der Waals surface area contributed by atoms with Gasteiger partial charge in [-0.3, -0.25) is 14.2 Å². The lowest BCUT2D eigenvalue weighted by Gasteiger charge is -2.30. The largest absolute Gasteiger partial charge is 0.756 e. The van der Waals surface area contributed by atoms with Gasteiger partial charge in [-0.2, -0.15) is 0 Å². The van der Waals surface area contributed by atoms with E-state index in [1.807, 2.05) is 33.3 Å². The lowest BCUT2D eigenvalue weighted by atomic mass is 10.0. The second kappa shape index (κ2) is 62.5. The number of likely N-dealkylation sites (N-methyl/N-ethyl adjacent to an activating group) is 1. The molecule has 0 heterocycles. The van der Waals surface area contributed by atoms with Gasteiger partial charge in [-0.05, 0) is 76.7 Å². The predicted molar refractivity (Wildman–Crippen MR) is 358 cm³/mol. The summed E-state index contributed by atoms with van der Waals surface area (Å²) >= 11 is 0. The van der Waals surface area contributed by atoms with Gasteiger partial charge in [0.25, 0.3) is 7.82 Å². The average Bonchev–Trinajstić information content (AvgIpc) is 3.51. The molecule has 0 radical (unpaired) electrons. The second-order valence-corrected chi connectivity index (χ2v) is 26.4. The SMILES string of the molecule is CC/C=C\C/C=C\C/C=C\C/C=C\C/C=C\CCCCCCCCCCCC(=O)NC(COP(=O)([O-])OCC[N+](C)(C)C)C(/C=C/CCCCCCCCCCC)OC(=O)CCCCCCCCCCCCCCCCCCCCCCC. The lowest BCUT2D eigenvalue weighted by molar-refractivity contribution is -0.870. The summed E-state index contributed by atoms with van der Waals surface area (Å²) in [4.78, 5) is 40.1. The van der Waals surface area contributed by atoms with Crippen molar-refractivity contribution in [1.82, 2.24) is 5.32 Å². The molecule has 0 aliphatic carbocycles. The second-order valence-electron chi connectivity index (χ2n) is 25.0. The predicted octanol–water partition coefficient (Wildman–Crippen LogP) is 21.7. The molecule has 0 aliphatic heterocycles. The van der Waals surface area contributed by atoms with E-state index in [9.17, 15) is 19.0 Å². The number of ether oxygens (including phenoxy) is 1. The molecule has 0 bridgehead atoms. The molecule has 1 amide bonds. The summed E-state index contributed by atoms with van der Waals surface area (Å²) in [6.07, 6.45) is 81.7. The third kappa shape index (κ3) is 63.8. The number of nitrogens with one attached hydrogen (secondary N) is 1. The van der Waals surface area contributed by atoms with E-state index in [1.54, 1.807) is 0 Å². The number of nitrogens with zero attached hydrogens (tertiary/aromatic N) is 1. The maximum atomic E-state index is 13.6. The Morgan fingerprint density at radius 2 is 0.771 bits per heavy atom. The summed E-state index contributed by atoms with van der Waals surface area (Å²) in [6.45, 7) is 6.76. The maximum Gasteiger partial charge on any atom is 0.306 e. The highest BCUT2D eigenvalue weighted by Crippen LogP contribution is 2.38. The minimum Gasteiger partial charge on any atom is -0.756 e. The molecule has 0 spiro atoms. The Hall–Kier alpha value is -2.55. The fraction of sp³-hybridized carbons (Fsp3) is 0.808. The van der Waals surface area contributed by atoms with Crippen LogP contribution in [-0.2, 0) is 27.9 Å². The highest BCUT2D eigenvalue weighted by atomic mass is 31.2. The topological polar surface area (TPSA) is 114 Å². The molecule has 3 unspecified atom stereocenters. The van der Waals surface area contributed by atoms with Gasteiger partial charge >= 0.3 is 5.97 Å². The number of carbonyl (C=O) groups excluding carboxylic acids is 2. The number of hydrogen-bond acceptors (Lipinski definition) is 7. The van der Waals surface area contributed by atoms with Crippen molar-refractivity contribution in [2.45, 2.75) is 341 Å². The van der Waals surface area contributed by atoms with Gasteiger partial charge in [0.15, 0.2) is 0 Å². The number of phosphoric ester groups is 1. The van der Waals surface area contributed by atoms with Crippen molar-refractivity contribution in [2.75, 3.05) is 40.9 Å². The Balaban J connectivity index is 5.04. The summed E-state index contributed by atoms with van der Waals surface area (Å²) in [7, 11) is 1.19. The number of rotatable bonds is 64. The number of esters is 1. The van der Waals surface area contributed by atoms with Crippen molar-refractivity contribution in [3.8, 4) is 0 Å². The molecule has 9 nitrogen and oxygen atoms in total. The van der Waals surface area contributed by atoms with Gasteiger partial charge in [0, 0.05) is 12.8 Å². The maximum absolute atomic E-state index is 13.6. The van der Waals surface area contributed by atoms with Crippen LogP contribution in [0.15, 0.2) is 72.9 Å². The fourth-order valence-electron chi connectivity index (χ4n) is 10.3. The molecule has 3 atom stereocenters. The van der Waals surface area contributed by atoms with E-state index in [0.29, 0.717) is 17.4 Å². The molecular formula is C73H135N2O7P. The van der Waals surface area contributed by atoms with E-state index in [2.05, 4.69) is 86.8 Å².